The van der Waals surface area contributed by atoms with Gasteiger partial charge in [-0.15, -0.1) is 0 Å². The van der Waals surface area contributed by atoms with Crippen molar-refractivity contribution in [1.29, 1.82) is 0 Å². The van der Waals surface area contributed by atoms with Gasteiger partial charge in [-0.3, -0.25) is 9.78 Å². The van der Waals surface area contributed by atoms with Crippen molar-refractivity contribution in [2.24, 2.45) is 0 Å². The van der Waals surface area contributed by atoms with Gasteiger partial charge in [-0.25, -0.2) is 14.8 Å². The first-order valence-corrected chi connectivity index (χ1v) is 8.88. The van der Waals surface area contributed by atoms with Crippen LogP contribution in [0.25, 0.3) is 11.3 Å². The van der Waals surface area contributed by atoms with Crippen LogP contribution >= 0.6 is 11.3 Å². The van der Waals surface area contributed by atoms with Gasteiger partial charge in [0.2, 0.25) is 5.95 Å². The van der Waals surface area contributed by atoms with E-state index in [9.17, 15) is 9.59 Å². The molecule has 0 aliphatic heterocycles. The molecule has 7 nitrogen and oxygen atoms in total. The number of rotatable bonds is 5. The molecule has 26 heavy (non-hydrogen) atoms. The summed E-state index contributed by atoms with van der Waals surface area (Å²) in [7, 11) is 0. The van der Waals surface area contributed by atoms with Crippen molar-refractivity contribution in [3.63, 3.8) is 0 Å². The van der Waals surface area contributed by atoms with Crippen molar-refractivity contribution in [2.45, 2.75) is 20.8 Å². The van der Waals surface area contributed by atoms with E-state index in [4.69, 9.17) is 4.74 Å². The van der Waals surface area contributed by atoms with E-state index in [1.807, 2.05) is 31.2 Å². The minimum absolute atomic E-state index is 0.261. The Kier molecular flexibility index (Phi) is 5.13. The topological polar surface area (TPSA) is 97.0 Å². The zero-order valence-electron chi connectivity index (χ0n) is 14.6. The van der Waals surface area contributed by atoms with E-state index in [-0.39, 0.29) is 11.5 Å². The first kappa shape index (κ1) is 17.8. The molecule has 0 fully saturated rings. The third-order valence-corrected chi connectivity index (χ3v) is 4.62. The largest absolute Gasteiger partial charge is 0.462 e. The molecular weight excluding hydrogens is 352 g/mol. The Balaban J connectivity index is 1.89. The molecule has 0 bridgehead atoms. The molecule has 0 saturated carbocycles. The van der Waals surface area contributed by atoms with Gasteiger partial charge in [-0.2, -0.15) is 0 Å². The van der Waals surface area contributed by atoms with Crippen molar-refractivity contribution < 1.29 is 9.53 Å². The van der Waals surface area contributed by atoms with Gasteiger partial charge in [0.05, 0.1) is 18.0 Å². The molecule has 8 heteroatoms. The van der Waals surface area contributed by atoms with Gasteiger partial charge in [0.15, 0.2) is 5.13 Å². The number of carbonyl (C=O) groups is 1. The number of benzene rings is 1. The van der Waals surface area contributed by atoms with Gasteiger partial charge < -0.3 is 10.1 Å². The van der Waals surface area contributed by atoms with E-state index < -0.39 is 5.97 Å². The fourth-order valence-electron chi connectivity index (χ4n) is 2.33. The minimum atomic E-state index is -0.412. The van der Waals surface area contributed by atoms with Crippen LogP contribution in [0.1, 0.15) is 27.9 Å². The number of anilines is 2. The summed E-state index contributed by atoms with van der Waals surface area (Å²) < 4.78 is 5.01. The summed E-state index contributed by atoms with van der Waals surface area (Å²) in [4.78, 5) is 35.7. The van der Waals surface area contributed by atoms with E-state index in [1.165, 1.54) is 6.07 Å². The highest BCUT2D eigenvalue weighted by Gasteiger charge is 2.17. The van der Waals surface area contributed by atoms with E-state index in [0.717, 1.165) is 22.5 Å². The number of aromatic nitrogens is 3. The zero-order valence-corrected chi connectivity index (χ0v) is 15.4. The van der Waals surface area contributed by atoms with Gasteiger partial charge in [-0.1, -0.05) is 41.2 Å². The van der Waals surface area contributed by atoms with E-state index in [0.29, 0.717) is 28.0 Å². The second-order valence-electron chi connectivity index (χ2n) is 5.62. The van der Waals surface area contributed by atoms with Crippen molar-refractivity contribution in [1.82, 2.24) is 15.0 Å². The van der Waals surface area contributed by atoms with Crippen LogP contribution in [0, 0.1) is 13.8 Å². The Bertz CT molecular complexity index is 992. The maximum atomic E-state index is 12.0. The average molecular weight is 370 g/mol. The van der Waals surface area contributed by atoms with E-state index in [1.54, 1.807) is 13.8 Å². The molecule has 2 aromatic heterocycles. The second kappa shape index (κ2) is 7.49. The number of nitrogens with zero attached hydrogens (tertiary/aromatic N) is 2. The quantitative estimate of drug-likeness (QED) is 0.668. The number of nitrogens with one attached hydrogen (secondary N) is 2. The smallest absolute Gasteiger partial charge is 0.350 e. The fourth-order valence-corrected chi connectivity index (χ4v) is 3.19. The molecule has 0 aliphatic carbocycles. The van der Waals surface area contributed by atoms with Gasteiger partial charge in [0, 0.05) is 11.6 Å². The number of hydrogen-bond acceptors (Lipinski definition) is 7. The summed E-state index contributed by atoms with van der Waals surface area (Å²) >= 11 is 1.15. The molecule has 134 valence electrons. The standard InChI is InChI=1S/C18H18N4O3S/c1-4-25-16(24)15-11(3)19-18(26-15)22-17-20-13(9-14(23)21-17)12-7-5-10(2)6-8-12/h5-9H,4H2,1-3H3,(H2,19,20,21,22,23). The monoisotopic (exact) mass is 370 g/mol. The highest BCUT2D eigenvalue weighted by molar-refractivity contribution is 7.17. The molecule has 1 aromatic carbocycles. The molecule has 3 aromatic rings. The second-order valence-corrected chi connectivity index (χ2v) is 6.62. The first-order chi connectivity index (χ1) is 12.5. The van der Waals surface area contributed by atoms with Crippen LogP contribution in [-0.4, -0.2) is 27.5 Å². The maximum absolute atomic E-state index is 12.0. The maximum Gasteiger partial charge on any atom is 0.350 e. The minimum Gasteiger partial charge on any atom is -0.462 e. The van der Waals surface area contributed by atoms with Crippen LogP contribution in [-0.2, 0) is 4.74 Å². The Labute approximate surface area is 154 Å². The third kappa shape index (κ3) is 3.97. The lowest BCUT2D eigenvalue weighted by molar-refractivity contribution is 0.0531. The van der Waals surface area contributed by atoms with Crippen LogP contribution in [0.15, 0.2) is 35.1 Å². The normalized spacial score (nSPS) is 10.6. The number of H-pyrrole nitrogens is 1. The number of aryl methyl sites for hydroxylation is 2. The lowest BCUT2D eigenvalue weighted by atomic mass is 10.1. The Morgan fingerprint density at radius 1 is 1.23 bits per heavy atom. The molecule has 3 rings (SSSR count). The van der Waals surface area contributed by atoms with Crippen molar-refractivity contribution in [3.05, 3.63) is 56.8 Å². The predicted molar refractivity (Wildman–Crippen MR) is 101 cm³/mol. The zero-order chi connectivity index (χ0) is 18.7. The van der Waals surface area contributed by atoms with Crippen molar-refractivity contribution in [2.75, 3.05) is 11.9 Å². The number of ether oxygens (including phenoxy) is 1. The van der Waals surface area contributed by atoms with Gasteiger partial charge >= 0.3 is 5.97 Å². The van der Waals surface area contributed by atoms with Crippen LogP contribution in [0.3, 0.4) is 0 Å². The molecule has 0 spiro atoms. The molecule has 0 unspecified atom stereocenters. The molecule has 2 N–H and O–H groups in total. The number of aromatic amines is 1. The summed E-state index contributed by atoms with van der Waals surface area (Å²) in [6.45, 7) is 5.77. The summed E-state index contributed by atoms with van der Waals surface area (Å²) in [6.07, 6.45) is 0. The lowest BCUT2D eigenvalue weighted by Gasteiger charge is -2.05. The molecule has 0 radical (unpaired) electrons. The summed E-state index contributed by atoms with van der Waals surface area (Å²) in [5.41, 5.74) is 2.80. The fraction of sp³-hybridized carbons (Fsp3) is 0.222. The average Bonchev–Trinajstić information content (AvgIpc) is 2.95. The number of carbonyl (C=O) groups excluding carboxylic acids is 1. The molecule has 0 saturated heterocycles. The summed E-state index contributed by atoms with van der Waals surface area (Å²) in [5, 5.41) is 3.41. The number of thiazole rings is 1. The Morgan fingerprint density at radius 3 is 2.65 bits per heavy atom. The van der Waals surface area contributed by atoms with Crippen LogP contribution < -0.4 is 10.9 Å². The summed E-state index contributed by atoms with van der Waals surface area (Å²) in [6, 6.07) is 9.18. The highest BCUT2D eigenvalue weighted by Crippen LogP contribution is 2.26. The molecule has 0 amide bonds. The lowest BCUT2D eigenvalue weighted by Crippen LogP contribution is -2.10. The highest BCUT2D eigenvalue weighted by atomic mass is 32.1. The first-order valence-electron chi connectivity index (χ1n) is 8.06. The third-order valence-electron chi connectivity index (χ3n) is 3.57. The molecule has 0 aliphatic rings. The van der Waals surface area contributed by atoms with Crippen LogP contribution in [0.4, 0.5) is 11.1 Å². The molecule has 0 atom stereocenters. The van der Waals surface area contributed by atoms with Crippen LogP contribution in [0.2, 0.25) is 0 Å². The van der Waals surface area contributed by atoms with Gasteiger partial charge in [0.1, 0.15) is 4.88 Å². The van der Waals surface area contributed by atoms with Crippen LogP contribution in [0.5, 0.6) is 0 Å². The van der Waals surface area contributed by atoms with Crippen molar-refractivity contribution >= 4 is 28.4 Å². The van der Waals surface area contributed by atoms with E-state index in [2.05, 4.69) is 20.3 Å². The van der Waals surface area contributed by atoms with E-state index >= 15 is 0 Å². The molecular formula is C18H18N4O3S. The van der Waals surface area contributed by atoms with Gasteiger partial charge in [-0.05, 0) is 20.8 Å². The SMILES string of the molecule is CCOC(=O)c1sc(Nc2nc(-c3ccc(C)cc3)cc(=O)[nH]2)nc1C. The number of hydrogen-bond donors (Lipinski definition) is 2. The predicted octanol–water partition coefficient (Wildman–Crippen LogP) is 3.43. The Morgan fingerprint density at radius 2 is 1.96 bits per heavy atom. The molecule has 2 heterocycles. The van der Waals surface area contributed by atoms with Crippen molar-refractivity contribution in [3.8, 4) is 11.3 Å². The summed E-state index contributed by atoms with van der Waals surface area (Å²) in [5.74, 6) is -0.150. The van der Waals surface area contributed by atoms with Gasteiger partial charge in [0.25, 0.3) is 5.56 Å². The Hall–Kier alpha value is -3.00. The number of esters is 1.